The van der Waals surface area contributed by atoms with E-state index in [1.165, 1.54) is 13.0 Å². The van der Waals surface area contributed by atoms with Crippen LogP contribution < -0.4 is 4.74 Å². The van der Waals surface area contributed by atoms with E-state index in [2.05, 4.69) is 4.74 Å². The lowest BCUT2D eigenvalue weighted by atomic mass is 10.1. The summed E-state index contributed by atoms with van der Waals surface area (Å²) in [5.41, 5.74) is 0.274. The molecule has 0 heterocycles. The first kappa shape index (κ1) is 14.7. The minimum absolute atomic E-state index is 0.274. The summed E-state index contributed by atoms with van der Waals surface area (Å²) < 4.78 is 53.8. The third kappa shape index (κ3) is 3.85. The van der Waals surface area contributed by atoms with Crippen LogP contribution in [0.1, 0.15) is 18.6 Å². The number of rotatable bonds is 4. The largest absolute Gasteiger partial charge is 0.487 e. The maximum atomic E-state index is 13.4. The van der Waals surface area contributed by atoms with E-state index in [9.17, 15) is 17.6 Å². The zero-order valence-electron chi connectivity index (χ0n) is 9.41. The van der Waals surface area contributed by atoms with Crippen molar-refractivity contribution in [2.75, 3.05) is 6.61 Å². The van der Waals surface area contributed by atoms with E-state index in [1.54, 1.807) is 0 Å². The summed E-state index contributed by atoms with van der Waals surface area (Å²) in [6.45, 7) is 0.331. The summed E-state index contributed by atoms with van der Waals surface area (Å²) in [5, 5.41) is 17.8. The Hall–Kier alpha value is -1.34. The average Bonchev–Trinajstić information content (AvgIpc) is 2.25. The summed E-state index contributed by atoms with van der Waals surface area (Å²) in [7, 11) is 0. The lowest BCUT2D eigenvalue weighted by Crippen LogP contribution is -2.34. The molecule has 0 radical (unpaired) electrons. The third-order valence-electron chi connectivity index (χ3n) is 2.21. The number of aliphatic hydroxyl groups is 2. The molecular formula is C11H12F4O3. The second-order valence-electron chi connectivity index (χ2n) is 3.73. The van der Waals surface area contributed by atoms with Crippen LogP contribution in [0.3, 0.4) is 0 Å². The Bertz CT molecular complexity index is 404. The van der Waals surface area contributed by atoms with E-state index in [0.29, 0.717) is 0 Å². The van der Waals surface area contributed by atoms with Gasteiger partial charge in [-0.3, -0.25) is 0 Å². The predicted molar refractivity (Wildman–Crippen MR) is 54.6 cm³/mol. The number of benzene rings is 1. The van der Waals surface area contributed by atoms with Gasteiger partial charge in [0.15, 0.2) is 17.7 Å². The molecule has 0 aliphatic rings. The van der Waals surface area contributed by atoms with Gasteiger partial charge in [-0.15, -0.1) is 0 Å². The molecule has 18 heavy (non-hydrogen) atoms. The van der Waals surface area contributed by atoms with E-state index >= 15 is 0 Å². The fourth-order valence-corrected chi connectivity index (χ4v) is 1.16. The van der Waals surface area contributed by atoms with Crippen LogP contribution >= 0.6 is 0 Å². The Labute approximate surface area is 101 Å². The minimum Gasteiger partial charge on any atom is -0.487 e. The summed E-state index contributed by atoms with van der Waals surface area (Å²) in [6, 6.07) is 3.38. The fourth-order valence-electron chi connectivity index (χ4n) is 1.16. The first-order valence-corrected chi connectivity index (χ1v) is 5.07. The van der Waals surface area contributed by atoms with Gasteiger partial charge >= 0.3 is 6.18 Å². The zero-order valence-corrected chi connectivity index (χ0v) is 9.41. The summed E-state index contributed by atoms with van der Waals surface area (Å²) in [5.74, 6) is -1.31. The van der Waals surface area contributed by atoms with E-state index in [4.69, 9.17) is 10.2 Å². The Morgan fingerprint density at radius 2 is 1.89 bits per heavy atom. The second-order valence-corrected chi connectivity index (χ2v) is 3.73. The molecule has 2 atom stereocenters. The summed E-state index contributed by atoms with van der Waals surface area (Å²) >= 11 is 0. The van der Waals surface area contributed by atoms with Crippen molar-refractivity contribution in [3.63, 3.8) is 0 Å². The van der Waals surface area contributed by atoms with Gasteiger partial charge in [-0.2, -0.15) is 13.2 Å². The molecule has 102 valence electrons. The lowest BCUT2D eigenvalue weighted by Gasteiger charge is -2.16. The number of halogens is 4. The predicted octanol–water partition coefficient (Wildman–Crippen LogP) is 2.18. The standard InChI is InChI=1S/C11H12F4O3/c1-6(16)7-2-3-9(8(12)4-7)18-5-10(17)11(13,14)15/h2-4,6,10,16-17H,5H2,1H3/t6-,10?/m0/s1. The summed E-state index contributed by atoms with van der Waals surface area (Å²) in [4.78, 5) is 0. The molecule has 0 aliphatic carbocycles. The third-order valence-corrected chi connectivity index (χ3v) is 2.21. The molecular weight excluding hydrogens is 256 g/mol. The van der Waals surface area contributed by atoms with Crippen LogP contribution in [0.5, 0.6) is 5.75 Å². The van der Waals surface area contributed by atoms with Crippen LogP contribution in [-0.2, 0) is 0 Å². The molecule has 2 N–H and O–H groups in total. The van der Waals surface area contributed by atoms with Gasteiger partial charge in [0, 0.05) is 0 Å². The van der Waals surface area contributed by atoms with Crippen LogP contribution in [-0.4, -0.2) is 29.1 Å². The molecule has 0 aliphatic heterocycles. The van der Waals surface area contributed by atoms with Crippen LogP contribution in [0, 0.1) is 5.82 Å². The van der Waals surface area contributed by atoms with Gasteiger partial charge in [0.25, 0.3) is 0 Å². The van der Waals surface area contributed by atoms with Crippen LogP contribution in [0.2, 0.25) is 0 Å². The van der Waals surface area contributed by atoms with Gasteiger partial charge in [0.1, 0.15) is 6.61 Å². The second kappa shape index (κ2) is 5.53. The Morgan fingerprint density at radius 1 is 1.28 bits per heavy atom. The summed E-state index contributed by atoms with van der Waals surface area (Å²) in [6.07, 6.45) is -8.38. The van der Waals surface area contributed by atoms with Crippen molar-refractivity contribution < 1.29 is 32.5 Å². The molecule has 0 aromatic heterocycles. The van der Waals surface area contributed by atoms with Crippen LogP contribution in [0.4, 0.5) is 17.6 Å². The first-order chi connectivity index (χ1) is 8.21. The van der Waals surface area contributed by atoms with Crippen LogP contribution in [0.15, 0.2) is 18.2 Å². The molecule has 1 aromatic rings. The lowest BCUT2D eigenvalue weighted by molar-refractivity contribution is -0.210. The number of ether oxygens (including phenoxy) is 1. The van der Waals surface area contributed by atoms with Gasteiger partial charge in [-0.1, -0.05) is 6.07 Å². The molecule has 0 saturated carbocycles. The highest BCUT2D eigenvalue weighted by molar-refractivity contribution is 5.30. The molecule has 7 heteroatoms. The van der Waals surface area contributed by atoms with Crippen molar-refractivity contribution >= 4 is 0 Å². The van der Waals surface area contributed by atoms with Crippen molar-refractivity contribution in [3.8, 4) is 5.75 Å². The molecule has 1 aromatic carbocycles. The van der Waals surface area contributed by atoms with Gasteiger partial charge in [0.2, 0.25) is 0 Å². The molecule has 1 unspecified atom stereocenters. The van der Waals surface area contributed by atoms with Crippen molar-refractivity contribution in [1.29, 1.82) is 0 Å². The molecule has 0 amide bonds. The molecule has 0 bridgehead atoms. The maximum absolute atomic E-state index is 13.4. The topological polar surface area (TPSA) is 49.7 Å². The normalized spacial score (nSPS) is 15.3. The molecule has 3 nitrogen and oxygen atoms in total. The highest BCUT2D eigenvalue weighted by Crippen LogP contribution is 2.24. The van der Waals surface area contributed by atoms with E-state index in [0.717, 1.165) is 12.1 Å². The molecule has 0 saturated heterocycles. The SMILES string of the molecule is C[C@H](O)c1ccc(OCC(O)C(F)(F)F)c(F)c1. The Kier molecular flexibility index (Phi) is 4.53. The van der Waals surface area contributed by atoms with Crippen molar-refractivity contribution in [2.24, 2.45) is 0 Å². The van der Waals surface area contributed by atoms with Crippen molar-refractivity contribution in [2.45, 2.75) is 25.3 Å². The van der Waals surface area contributed by atoms with Crippen molar-refractivity contribution in [1.82, 2.24) is 0 Å². The fraction of sp³-hybridized carbons (Fsp3) is 0.455. The minimum atomic E-state index is -4.81. The van der Waals surface area contributed by atoms with Gasteiger partial charge < -0.3 is 14.9 Å². The average molecular weight is 268 g/mol. The number of hydrogen-bond donors (Lipinski definition) is 2. The number of alkyl halides is 3. The number of aliphatic hydroxyl groups excluding tert-OH is 2. The smallest absolute Gasteiger partial charge is 0.417 e. The van der Waals surface area contributed by atoms with Gasteiger partial charge in [0.05, 0.1) is 6.10 Å². The number of hydrogen-bond acceptors (Lipinski definition) is 3. The van der Waals surface area contributed by atoms with Crippen LogP contribution in [0.25, 0.3) is 0 Å². The molecule has 1 rings (SSSR count). The van der Waals surface area contributed by atoms with Gasteiger partial charge in [-0.25, -0.2) is 4.39 Å². The highest BCUT2D eigenvalue weighted by Gasteiger charge is 2.38. The van der Waals surface area contributed by atoms with E-state index in [-0.39, 0.29) is 5.56 Å². The monoisotopic (exact) mass is 268 g/mol. The Morgan fingerprint density at radius 3 is 2.33 bits per heavy atom. The first-order valence-electron chi connectivity index (χ1n) is 5.07. The van der Waals surface area contributed by atoms with E-state index < -0.39 is 36.6 Å². The highest BCUT2D eigenvalue weighted by atomic mass is 19.4. The molecule has 0 fully saturated rings. The zero-order chi connectivity index (χ0) is 13.9. The Balaban J connectivity index is 2.69. The van der Waals surface area contributed by atoms with E-state index in [1.807, 2.05) is 0 Å². The van der Waals surface area contributed by atoms with Gasteiger partial charge in [-0.05, 0) is 24.6 Å². The molecule has 0 spiro atoms. The maximum Gasteiger partial charge on any atom is 0.417 e. The quantitative estimate of drug-likeness (QED) is 0.823. The van der Waals surface area contributed by atoms with Crippen molar-refractivity contribution in [3.05, 3.63) is 29.6 Å².